The number of morpholine rings is 1. The smallest absolute Gasteiger partial charge is 0.227 e. The van der Waals surface area contributed by atoms with Crippen LogP contribution < -0.4 is 15.0 Å². The lowest BCUT2D eigenvalue weighted by Crippen LogP contribution is -2.36. The maximum atomic E-state index is 12.8. The van der Waals surface area contributed by atoms with E-state index in [1.807, 2.05) is 12.1 Å². The first-order chi connectivity index (χ1) is 17.1. The van der Waals surface area contributed by atoms with E-state index in [1.54, 1.807) is 6.92 Å². The second kappa shape index (κ2) is 10.9. The summed E-state index contributed by atoms with van der Waals surface area (Å²) in [6.07, 6.45) is 5.26. The Hall–Kier alpha value is -2.71. The minimum atomic E-state index is -0.104. The van der Waals surface area contributed by atoms with Crippen LogP contribution in [0.15, 0.2) is 24.3 Å². The molecule has 2 saturated heterocycles. The topological polar surface area (TPSA) is 85.8 Å². The maximum absolute atomic E-state index is 12.8. The molecule has 1 saturated carbocycles. The van der Waals surface area contributed by atoms with Gasteiger partial charge in [-0.05, 0) is 49.3 Å². The highest BCUT2D eigenvalue weighted by atomic mass is 16.5. The standard InChI is InChI=1S/C27H36N4O4/c1-18-3-7-21(8-4-18)28-27-29-25(19(2)32)24(26(30-27)35-23-11-14-34-17-23)20-5-9-22(10-6-20)31-12-15-33-16-13-31/h5-6,9-10,18,21,23H,3-4,7-8,11-17H2,1-2H3,(H,28,29,30)/t18-,21+,23-/m1/s1. The van der Waals surface area contributed by atoms with Gasteiger partial charge in [0.05, 0.1) is 32.0 Å². The zero-order chi connectivity index (χ0) is 24.2. The number of anilines is 2. The number of nitrogens with one attached hydrogen (secondary N) is 1. The number of nitrogens with zero attached hydrogens (tertiary/aromatic N) is 3. The van der Waals surface area contributed by atoms with Crippen molar-refractivity contribution in [2.75, 3.05) is 49.7 Å². The van der Waals surface area contributed by atoms with Crippen LogP contribution in [0.5, 0.6) is 5.88 Å². The van der Waals surface area contributed by atoms with Gasteiger partial charge in [0, 0.05) is 38.2 Å². The number of hydrogen-bond donors (Lipinski definition) is 1. The lowest BCUT2D eigenvalue weighted by Gasteiger charge is -2.29. The number of Topliss-reactive ketones (excluding diaryl/α,β-unsaturated/α-hetero) is 1. The first kappa shape index (κ1) is 24.0. The van der Waals surface area contributed by atoms with Gasteiger partial charge in [0.1, 0.15) is 11.8 Å². The molecule has 0 unspecified atom stereocenters. The molecule has 1 N–H and O–H groups in total. The summed E-state index contributed by atoms with van der Waals surface area (Å²) in [5, 5.41) is 3.49. The molecule has 8 heteroatoms. The number of ether oxygens (including phenoxy) is 3. The molecule has 3 aliphatic rings. The second-order valence-electron chi connectivity index (χ2n) is 9.98. The lowest BCUT2D eigenvalue weighted by molar-refractivity contribution is 0.101. The van der Waals surface area contributed by atoms with Crippen LogP contribution in [0.3, 0.4) is 0 Å². The number of rotatable bonds is 7. The molecule has 2 aromatic rings. The van der Waals surface area contributed by atoms with Crippen LogP contribution >= 0.6 is 0 Å². The Labute approximate surface area is 207 Å². The van der Waals surface area contributed by atoms with Crippen molar-refractivity contribution < 1.29 is 19.0 Å². The summed E-state index contributed by atoms with van der Waals surface area (Å²) in [6.45, 7) is 8.27. The van der Waals surface area contributed by atoms with Crippen molar-refractivity contribution in [1.29, 1.82) is 0 Å². The Bertz CT molecular complexity index is 1010. The molecule has 3 fully saturated rings. The summed E-state index contributed by atoms with van der Waals surface area (Å²) in [6, 6.07) is 8.55. The predicted octanol–water partition coefficient (Wildman–Crippen LogP) is 4.34. The lowest BCUT2D eigenvalue weighted by atomic mass is 9.87. The van der Waals surface area contributed by atoms with Gasteiger partial charge in [-0.2, -0.15) is 4.98 Å². The molecular weight excluding hydrogens is 444 g/mol. The highest BCUT2D eigenvalue weighted by molar-refractivity contribution is 6.00. The van der Waals surface area contributed by atoms with E-state index in [-0.39, 0.29) is 11.9 Å². The largest absolute Gasteiger partial charge is 0.471 e. The van der Waals surface area contributed by atoms with E-state index in [9.17, 15) is 4.79 Å². The van der Waals surface area contributed by atoms with E-state index in [4.69, 9.17) is 24.2 Å². The SMILES string of the molecule is CC(=O)c1nc(N[C@H]2CC[C@@H](C)CC2)nc(O[C@@H]2CCOC2)c1-c1ccc(N2CCOCC2)cc1. The Balaban J connectivity index is 1.48. The Kier molecular flexibility index (Phi) is 7.48. The number of carbonyl (C=O) groups excluding carboxylic acids is 1. The monoisotopic (exact) mass is 480 g/mol. The van der Waals surface area contributed by atoms with Crippen LogP contribution in [0.25, 0.3) is 11.1 Å². The number of hydrogen-bond acceptors (Lipinski definition) is 8. The summed E-state index contributed by atoms with van der Waals surface area (Å²) in [7, 11) is 0. The molecule has 1 aromatic carbocycles. The molecule has 0 radical (unpaired) electrons. The van der Waals surface area contributed by atoms with Crippen LogP contribution in [-0.4, -0.2) is 67.4 Å². The van der Waals surface area contributed by atoms with Crippen molar-refractivity contribution in [2.24, 2.45) is 5.92 Å². The fourth-order valence-corrected chi connectivity index (χ4v) is 5.12. The first-order valence-corrected chi connectivity index (χ1v) is 12.9. The number of aromatic nitrogens is 2. The van der Waals surface area contributed by atoms with Gasteiger partial charge in [0.2, 0.25) is 11.8 Å². The van der Waals surface area contributed by atoms with Crippen molar-refractivity contribution in [3.05, 3.63) is 30.0 Å². The average Bonchev–Trinajstić information content (AvgIpc) is 3.39. The van der Waals surface area contributed by atoms with Gasteiger partial charge in [-0.1, -0.05) is 19.1 Å². The molecule has 1 aromatic heterocycles. The zero-order valence-electron chi connectivity index (χ0n) is 20.8. The highest BCUT2D eigenvalue weighted by Crippen LogP contribution is 2.36. The molecule has 35 heavy (non-hydrogen) atoms. The molecule has 1 atom stereocenters. The average molecular weight is 481 g/mol. The summed E-state index contributed by atoms with van der Waals surface area (Å²) in [5.41, 5.74) is 3.05. The van der Waals surface area contributed by atoms with Crippen molar-refractivity contribution in [1.82, 2.24) is 9.97 Å². The number of ketones is 1. The van der Waals surface area contributed by atoms with E-state index in [2.05, 4.69) is 29.3 Å². The molecule has 3 heterocycles. The van der Waals surface area contributed by atoms with E-state index < -0.39 is 0 Å². The maximum Gasteiger partial charge on any atom is 0.227 e. The first-order valence-electron chi connectivity index (χ1n) is 12.9. The van der Waals surface area contributed by atoms with Crippen molar-refractivity contribution in [3.8, 4) is 17.0 Å². The van der Waals surface area contributed by atoms with Crippen molar-refractivity contribution in [2.45, 2.75) is 58.1 Å². The van der Waals surface area contributed by atoms with E-state index in [0.29, 0.717) is 42.3 Å². The summed E-state index contributed by atoms with van der Waals surface area (Å²) >= 11 is 0. The van der Waals surface area contributed by atoms with Gasteiger partial charge < -0.3 is 24.4 Å². The number of carbonyl (C=O) groups is 1. The predicted molar refractivity (Wildman–Crippen MR) is 135 cm³/mol. The van der Waals surface area contributed by atoms with E-state index in [0.717, 1.165) is 62.7 Å². The molecule has 1 aliphatic carbocycles. The number of benzene rings is 1. The molecule has 5 rings (SSSR count). The van der Waals surface area contributed by atoms with Crippen molar-refractivity contribution in [3.63, 3.8) is 0 Å². The fraction of sp³-hybridized carbons (Fsp3) is 0.593. The molecule has 0 spiro atoms. The zero-order valence-corrected chi connectivity index (χ0v) is 20.8. The summed E-state index contributed by atoms with van der Waals surface area (Å²) in [5.74, 6) is 1.57. The molecule has 2 aliphatic heterocycles. The van der Waals surface area contributed by atoms with Gasteiger partial charge in [0.25, 0.3) is 0 Å². The van der Waals surface area contributed by atoms with Crippen LogP contribution in [-0.2, 0) is 9.47 Å². The van der Waals surface area contributed by atoms with Crippen molar-refractivity contribution >= 4 is 17.4 Å². The third kappa shape index (κ3) is 5.76. The van der Waals surface area contributed by atoms with Crippen LogP contribution in [0.4, 0.5) is 11.6 Å². The fourth-order valence-electron chi connectivity index (χ4n) is 5.12. The molecule has 0 bridgehead atoms. The Morgan fingerprint density at radius 3 is 2.40 bits per heavy atom. The summed E-state index contributed by atoms with van der Waals surface area (Å²) in [4.78, 5) is 24.6. The van der Waals surface area contributed by atoms with Gasteiger partial charge in [-0.3, -0.25) is 4.79 Å². The van der Waals surface area contributed by atoms with E-state index >= 15 is 0 Å². The Morgan fingerprint density at radius 2 is 1.74 bits per heavy atom. The van der Waals surface area contributed by atoms with E-state index in [1.165, 1.54) is 12.8 Å². The van der Waals surface area contributed by atoms with Gasteiger partial charge in [-0.25, -0.2) is 4.98 Å². The Morgan fingerprint density at radius 1 is 1.00 bits per heavy atom. The quantitative estimate of drug-likeness (QED) is 0.586. The minimum Gasteiger partial charge on any atom is -0.471 e. The third-order valence-electron chi connectivity index (χ3n) is 7.26. The van der Waals surface area contributed by atoms with Crippen LogP contribution in [0, 0.1) is 5.92 Å². The van der Waals surface area contributed by atoms with Gasteiger partial charge in [-0.15, -0.1) is 0 Å². The van der Waals surface area contributed by atoms with Gasteiger partial charge >= 0.3 is 0 Å². The second-order valence-corrected chi connectivity index (χ2v) is 9.98. The van der Waals surface area contributed by atoms with Gasteiger partial charge in [0.15, 0.2) is 5.78 Å². The normalized spacial score (nSPS) is 24.9. The van der Waals surface area contributed by atoms with Crippen LogP contribution in [0.1, 0.15) is 56.4 Å². The third-order valence-corrected chi connectivity index (χ3v) is 7.26. The summed E-state index contributed by atoms with van der Waals surface area (Å²) < 4.78 is 17.4. The van der Waals surface area contributed by atoms with Crippen LogP contribution in [0.2, 0.25) is 0 Å². The molecule has 0 amide bonds. The highest BCUT2D eigenvalue weighted by Gasteiger charge is 2.27. The minimum absolute atomic E-state index is 0.0838. The molecular formula is C27H36N4O4. The molecule has 8 nitrogen and oxygen atoms in total. The molecule has 188 valence electrons.